The summed E-state index contributed by atoms with van der Waals surface area (Å²) in [5.41, 5.74) is 0.992. The molecule has 0 aromatic carbocycles. The largest absolute Gasteiger partial charge is 0.241 e. The Morgan fingerprint density at radius 2 is 2.00 bits per heavy atom. The maximum atomic E-state index is 5.84. The molecule has 0 saturated heterocycles. The fourth-order valence-corrected chi connectivity index (χ4v) is 1.71. The van der Waals surface area contributed by atoms with Crippen molar-refractivity contribution in [2.75, 3.05) is 0 Å². The van der Waals surface area contributed by atoms with Gasteiger partial charge in [-0.1, -0.05) is 43.0 Å². The lowest BCUT2D eigenvalue weighted by molar-refractivity contribution is 0.707. The van der Waals surface area contributed by atoms with Gasteiger partial charge in [0.25, 0.3) is 0 Å². The van der Waals surface area contributed by atoms with Crippen LogP contribution in [-0.4, -0.2) is 4.98 Å². The lowest BCUT2D eigenvalue weighted by atomic mass is 10.1. The molecule has 0 amide bonds. The third-order valence-corrected chi connectivity index (χ3v) is 2.26. The quantitative estimate of drug-likeness (QED) is 0.547. The number of rotatable bonds is 4. The fraction of sp³-hybridized carbons (Fsp3) is 0.500. The number of halogens is 2. The number of unbranched alkanes of at least 4 members (excludes halogenated alkanes) is 2. The van der Waals surface area contributed by atoms with E-state index in [2.05, 4.69) is 11.9 Å². The van der Waals surface area contributed by atoms with E-state index in [1.807, 2.05) is 6.07 Å². The normalized spacial score (nSPS) is 10.4. The van der Waals surface area contributed by atoms with Crippen LogP contribution in [0, 0.1) is 0 Å². The number of nitrogens with zero attached hydrogens (tertiary/aromatic N) is 1. The van der Waals surface area contributed by atoms with E-state index < -0.39 is 0 Å². The van der Waals surface area contributed by atoms with Crippen molar-refractivity contribution in [3.63, 3.8) is 0 Å². The summed E-state index contributed by atoms with van der Waals surface area (Å²) in [5.74, 6) is 0. The van der Waals surface area contributed by atoms with Crippen LogP contribution in [-0.2, 0) is 6.42 Å². The average molecular weight is 218 g/mol. The van der Waals surface area contributed by atoms with Crippen LogP contribution in [0.15, 0.2) is 12.1 Å². The minimum atomic E-state index is 0.485. The van der Waals surface area contributed by atoms with Crippen molar-refractivity contribution in [3.05, 3.63) is 28.0 Å². The molecule has 1 rings (SSSR count). The molecular formula is C10H13Cl2N. The SMILES string of the molecule is CCCCCc1cc(Cl)cc(Cl)n1. The second-order valence-electron chi connectivity index (χ2n) is 3.06. The Bertz CT molecular complexity index is 253. The van der Waals surface area contributed by atoms with Crippen LogP contribution < -0.4 is 0 Å². The van der Waals surface area contributed by atoms with Crippen molar-refractivity contribution >= 4 is 23.2 Å². The van der Waals surface area contributed by atoms with E-state index in [4.69, 9.17) is 23.2 Å². The minimum Gasteiger partial charge on any atom is -0.241 e. The topological polar surface area (TPSA) is 12.9 Å². The van der Waals surface area contributed by atoms with Crippen molar-refractivity contribution in [2.45, 2.75) is 32.6 Å². The van der Waals surface area contributed by atoms with Crippen LogP contribution >= 0.6 is 23.2 Å². The van der Waals surface area contributed by atoms with Gasteiger partial charge >= 0.3 is 0 Å². The summed E-state index contributed by atoms with van der Waals surface area (Å²) in [4.78, 5) is 4.19. The lowest BCUT2D eigenvalue weighted by Crippen LogP contribution is -1.90. The molecule has 1 heterocycles. The van der Waals surface area contributed by atoms with Crippen molar-refractivity contribution in [3.8, 4) is 0 Å². The number of hydrogen-bond donors (Lipinski definition) is 0. The summed E-state index contributed by atoms with van der Waals surface area (Å²) in [6.45, 7) is 2.18. The highest BCUT2D eigenvalue weighted by Crippen LogP contribution is 2.16. The number of aryl methyl sites for hydroxylation is 1. The monoisotopic (exact) mass is 217 g/mol. The van der Waals surface area contributed by atoms with Gasteiger partial charge in [0.2, 0.25) is 0 Å². The van der Waals surface area contributed by atoms with Crippen LogP contribution in [0.5, 0.6) is 0 Å². The number of hydrogen-bond acceptors (Lipinski definition) is 1. The Hall–Kier alpha value is -0.270. The molecule has 0 spiro atoms. The molecule has 0 unspecified atom stereocenters. The fourth-order valence-electron chi connectivity index (χ4n) is 1.20. The predicted octanol–water partition coefficient (Wildman–Crippen LogP) is 4.12. The molecule has 0 aliphatic carbocycles. The van der Waals surface area contributed by atoms with Gasteiger partial charge in [-0.05, 0) is 25.0 Å². The second-order valence-corrected chi connectivity index (χ2v) is 3.88. The zero-order valence-corrected chi connectivity index (χ0v) is 9.20. The van der Waals surface area contributed by atoms with Gasteiger partial charge in [-0.2, -0.15) is 0 Å². The highest BCUT2D eigenvalue weighted by Gasteiger charge is 1.99. The predicted molar refractivity (Wildman–Crippen MR) is 57.5 cm³/mol. The van der Waals surface area contributed by atoms with Gasteiger partial charge in [0.05, 0.1) is 0 Å². The zero-order valence-electron chi connectivity index (χ0n) is 7.69. The van der Waals surface area contributed by atoms with Crippen LogP contribution in [0.25, 0.3) is 0 Å². The van der Waals surface area contributed by atoms with Gasteiger partial charge in [-0.25, -0.2) is 4.98 Å². The number of pyridine rings is 1. The molecule has 0 saturated carbocycles. The molecule has 1 aromatic heterocycles. The van der Waals surface area contributed by atoms with E-state index >= 15 is 0 Å². The summed E-state index contributed by atoms with van der Waals surface area (Å²) in [6.07, 6.45) is 4.56. The minimum absolute atomic E-state index is 0.485. The molecule has 1 nitrogen and oxygen atoms in total. The Balaban J connectivity index is 2.56. The first kappa shape index (κ1) is 10.8. The Labute approximate surface area is 89.1 Å². The summed E-state index contributed by atoms with van der Waals surface area (Å²) < 4.78 is 0. The first-order chi connectivity index (χ1) is 6.22. The molecule has 0 aliphatic rings. The van der Waals surface area contributed by atoms with E-state index in [1.165, 1.54) is 12.8 Å². The maximum Gasteiger partial charge on any atom is 0.130 e. The lowest BCUT2D eigenvalue weighted by Gasteiger charge is -2.01. The first-order valence-electron chi connectivity index (χ1n) is 4.54. The summed E-state index contributed by atoms with van der Waals surface area (Å²) in [7, 11) is 0. The molecule has 0 radical (unpaired) electrons. The summed E-state index contributed by atoms with van der Waals surface area (Å²) in [6, 6.07) is 3.54. The molecule has 0 N–H and O–H groups in total. The number of aromatic nitrogens is 1. The van der Waals surface area contributed by atoms with Crippen LogP contribution in [0.4, 0.5) is 0 Å². The van der Waals surface area contributed by atoms with Crippen molar-refractivity contribution in [2.24, 2.45) is 0 Å². The summed E-state index contributed by atoms with van der Waals surface area (Å²) in [5, 5.41) is 1.16. The van der Waals surface area contributed by atoms with Gasteiger partial charge in [0.1, 0.15) is 5.15 Å². The molecule has 0 aliphatic heterocycles. The van der Waals surface area contributed by atoms with E-state index in [0.29, 0.717) is 10.2 Å². The van der Waals surface area contributed by atoms with Gasteiger partial charge in [-0.15, -0.1) is 0 Å². The van der Waals surface area contributed by atoms with Crippen molar-refractivity contribution < 1.29 is 0 Å². The molecule has 3 heteroatoms. The third kappa shape index (κ3) is 3.97. The maximum absolute atomic E-state index is 5.84. The molecule has 0 atom stereocenters. The molecular weight excluding hydrogens is 205 g/mol. The van der Waals surface area contributed by atoms with Gasteiger partial charge in [-0.3, -0.25) is 0 Å². The Morgan fingerprint density at radius 1 is 1.23 bits per heavy atom. The van der Waals surface area contributed by atoms with E-state index in [0.717, 1.165) is 18.5 Å². The first-order valence-corrected chi connectivity index (χ1v) is 5.30. The smallest absolute Gasteiger partial charge is 0.130 e. The van der Waals surface area contributed by atoms with Crippen molar-refractivity contribution in [1.82, 2.24) is 4.98 Å². The molecule has 0 bridgehead atoms. The van der Waals surface area contributed by atoms with E-state index in [1.54, 1.807) is 6.07 Å². The Kier molecular flexibility index (Phi) is 4.54. The van der Waals surface area contributed by atoms with Gasteiger partial charge < -0.3 is 0 Å². The second kappa shape index (κ2) is 5.46. The molecule has 1 aromatic rings. The highest BCUT2D eigenvalue weighted by molar-refractivity contribution is 6.33. The molecule has 72 valence electrons. The highest BCUT2D eigenvalue weighted by atomic mass is 35.5. The third-order valence-electron chi connectivity index (χ3n) is 1.85. The van der Waals surface area contributed by atoms with Crippen LogP contribution in [0.3, 0.4) is 0 Å². The standard InChI is InChI=1S/C10H13Cl2N/c1-2-3-4-5-9-6-8(11)7-10(12)13-9/h6-7H,2-5H2,1H3. The van der Waals surface area contributed by atoms with Crippen LogP contribution in [0.1, 0.15) is 31.9 Å². The Morgan fingerprint density at radius 3 is 2.62 bits per heavy atom. The zero-order chi connectivity index (χ0) is 9.68. The van der Waals surface area contributed by atoms with E-state index in [-0.39, 0.29) is 0 Å². The molecule has 0 fully saturated rings. The summed E-state index contributed by atoms with van der Waals surface area (Å²) >= 11 is 11.6. The van der Waals surface area contributed by atoms with Crippen molar-refractivity contribution in [1.29, 1.82) is 0 Å². The van der Waals surface area contributed by atoms with Gasteiger partial charge in [0, 0.05) is 10.7 Å². The molecule has 13 heavy (non-hydrogen) atoms. The van der Waals surface area contributed by atoms with Crippen LogP contribution in [0.2, 0.25) is 10.2 Å². The van der Waals surface area contributed by atoms with E-state index in [9.17, 15) is 0 Å². The average Bonchev–Trinajstić information content (AvgIpc) is 2.03. The van der Waals surface area contributed by atoms with Gasteiger partial charge in [0.15, 0.2) is 0 Å².